The molecule has 0 aliphatic carbocycles. The summed E-state index contributed by atoms with van der Waals surface area (Å²) in [5, 5.41) is 8.77. The van der Waals surface area contributed by atoms with Crippen molar-refractivity contribution >= 4 is 0 Å². The summed E-state index contributed by atoms with van der Waals surface area (Å²) in [5.74, 6) is -0.241. The van der Waals surface area contributed by atoms with Gasteiger partial charge in [-0.2, -0.15) is 5.26 Å². The summed E-state index contributed by atoms with van der Waals surface area (Å²) in [7, 11) is 0. The molecule has 0 radical (unpaired) electrons. The molecular weight excluding hydrogens is 197 g/mol. The van der Waals surface area contributed by atoms with Gasteiger partial charge in [0, 0.05) is 0 Å². The Hall–Kier alpha value is -1.60. The number of benzene rings is 1. The van der Waals surface area contributed by atoms with Gasteiger partial charge in [0.05, 0.1) is 6.61 Å². The number of hydrogen-bond donors (Lipinski definition) is 0. The van der Waals surface area contributed by atoms with Crippen LogP contribution in [0.15, 0.2) is 12.1 Å². The van der Waals surface area contributed by atoms with E-state index in [9.17, 15) is 4.39 Å². The van der Waals surface area contributed by atoms with Gasteiger partial charge in [0.15, 0.2) is 0 Å². The van der Waals surface area contributed by atoms with Crippen molar-refractivity contribution in [3.05, 3.63) is 29.1 Å². The van der Waals surface area contributed by atoms with E-state index in [1.807, 2.05) is 0 Å². The second-order valence-corrected chi connectivity index (χ2v) is 3.50. The fourth-order valence-corrected chi connectivity index (χ4v) is 1.28. The van der Waals surface area contributed by atoms with Crippen LogP contribution >= 0.6 is 0 Å². The molecule has 0 N–H and O–H groups in total. The normalized spacial score (nSPS) is 18.3. The van der Waals surface area contributed by atoms with Crippen molar-refractivity contribution in [1.29, 1.82) is 5.26 Å². The Balaban J connectivity index is 2.22. The van der Waals surface area contributed by atoms with Gasteiger partial charge in [-0.1, -0.05) is 0 Å². The lowest BCUT2D eigenvalue weighted by atomic mass is 10.1. The van der Waals surface area contributed by atoms with Crippen LogP contribution in [0.1, 0.15) is 11.1 Å². The Morgan fingerprint density at radius 3 is 3.00 bits per heavy atom. The van der Waals surface area contributed by atoms with Gasteiger partial charge < -0.3 is 9.47 Å². The number of nitriles is 1. The molecule has 15 heavy (non-hydrogen) atoms. The first-order valence-corrected chi connectivity index (χ1v) is 4.65. The SMILES string of the molecule is Cc1cc(F)c(C#N)c(OC[C@@H]2CO2)c1. The third-order valence-electron chi connectivity index (χ3n) is 2.14. The van der Waals surface area contributed by atoms with Gasteiger partial charge in [0.2, 0.25) is 0 Å². The Bertz CT molecular complexity index is 421. The van der Waals surface area contributed by atoms with E-state index in [-0.39, 0.29) is 11.7 Å². The van der Waals surface area contributed by atoms with Crippen LogP contribution in [-0.2, 0) is 4.74 Å². The molecule has 0 amide bonds. The summed E-state index contributed by atoms with van der Waals surface area (Å²) >= 11 is 0. The lowest BCUT2D eigenvalue weighted by Crippen LogP contribution is -2.06. The summed E-state index contributed by atoms with van der Waals surface area (Å²) < 4.78 is 23.6. The van der Waals surface area contributed by atoms with Crippen molar-refractivity contribution < 1.29 is 13.9 Å². The molecule has 0 spiro atoms. The summed E-state index contributed by atoms with van der Waals surface area (Å²) in [6.45, 7) is 2.80. The van der Waals surface area contributed by atoms with Crippen LogP contribution in [-0.4, -0.2) is 19.3 Å². The number of epoxide rings is 1. The standard InChI is InChI=1S/C11H10FNO2/c1-7-2-10(12)9(4-13)11(3-7)15-6-8-5-14-8/h2-3,8H,5-6H2,1H3/t8-/m0/s1. The van der Waals surface area contributed by atoms with Crippen LogP contribution < -0.4 is 4.74 Å². The summed E-state index contributed by atoms with van der Waals surface area (Å²) in [4.78, 5) is 0. The Labute approximate surface area is 87.0 Å². The second-order valence-electron chi connectivity index (χ2n) is 3.50. The molecule has 1 saturated heterocycles. The monoisotopic (exact) mass is 207 g/mol. The minimum atomic E-state index is -0.538. The zero-order chi connectivity index (χ0) is 10.8. The molecule has 1 heterocycles. The van der Waals surface area contributed by atoms with Crippen molar-refractivity contribution in [3.8, 4) is 11.8 Å². The van der Waals surface area contributed by atoms with Crippen molar-refractivity contribution in [3.63, 3.8) is 0 Å². The average molecular weight is 207 g/mol. The first kappa shape index (κ1) is 9.94. The molecule has 1 aromatic carbocycles. The van der Waals surface area contributed by atoms with E-state index in [1.165, 1.54) is 6.07 Å². The Kier molecular flexibility index (Phi) is 2.57. The number of nitrogens with zero attached hydrogens (tertiary/aromatic N) is 1. The van der Waals surface area contributed by atoms with Gasteiger partial charge in [-0.25, -0.2) is 4.39 Å². The third kappa shape index (κ3) is 2.25. The van der Waals surface area contributed by atoms with Crippen LogP contribution in [0.2, 0.25) is 0 Å². The number of aryl methyl sites for hydroxylation is 1. The topological polar surface area (TPSA) is 45.5 Å². The van der Waals surface area contributed by atoms with Crippen molar-refractivity contribution in [1.82, 2.24) is 0 Å². The van der Waals surface area contributed by atoms with E-state index in [4.69, 9.17) is 14.7 Å². The first-order chi connectivity index (χ1) is 7.20. The lowest BCUT2D eigenvalue weighted by Gasteiger charge is -2.07. The molecule has 0 bridgehead atoms. The van der Waals surface area contributed by atoms with Gasteiger partial charge in [-0.3, -0.25) is 0 Å². The van der Waals surface area contributed by atoms with Crippen LogP contribution in [0, 0.1) is 24.1 Å². The van der Waals surface area contributed by atoms with E-state index >= 15 is 0 Å². The van der Waals surface area contributed by atoms with Crippen LogP contribution in [0.5, 0.6) is 5.75 Å². The molecule has 1 atom stereocenters. The molecular formula is C11H10FNO2. The third-order valence-corrected chi connectivity index (χ3v) is 2.14. The molecule has 1 fully saturated rings. The molecule has 78 valence electrons. The van der Waals surface area contributed by atoms with E-state index in [2.05, 4.69) is 0 Å². The highest BCUT2D eigenvalue weighted by atomic mass is 19.1. The number of hydrogen-bond acceptors (Lipinski definition) is 3. The molecule has 1 aliphatic rings. The van der Waals surface area contributed by atoms with Gasteiger partial charge in [-0.05, 0) is 24.6 Å². The fraction of sp³-hybridized carbons (Fsp3) is 0.364. The quantitative estimate of drug-likeness (QED) is 0.710. The Morgan fingerprint density at radius 2 is 2.40 bits per heavy atom. The highest BCUT2D eigenvalue weighted by Gasteiger charge is 2.24. The molecule has 4 heteroatoms. The van der Waals surface area contributed by atoms with Crippen LogP contribution in [0.3, 0.4) is 0 Å². The van der Waals surface area contributed by atoms with Crippen LogP contribution in [0.25, 0.3) is 0 Å². The van der Waals surface area contributed by atoms with E-state index < -0.39 is 5.82 Å². The number of rotatable bonds is 3. The smallest absolute Gasteiger partial charge is 0.145 e. The van der Waals surface area contributed by atoms with Gasteiger partial charge in [-0.15, -0.1) is 0 Å². The zero-order valence-electron chi connectivity index (χ0n) is 8.29. The number of ether oxygens (including phenoxy) is 2. The zero-order valence-corrected chi connectivity index (χ0v) is 8.29. The molecule has 0 aromatic heterocycles. The lowest BCUT2D eigenvalue weighted by molar-refractivity contribution is 0.261. The first-order valence-electron chi connectivity index (χ1n) is 4.65. The van der Waals surface area contributed by atoms with E-state index in [0.717, 1.165) is 5.56 Å². The molecule has 0 unspecified atom stereocenters. The largest absolute Gasteiger partial charge is 0.489 e. The maximum Gasteiger partial charge on any atom is 0.145 e. The molecule has 2 rings (SSSR count). The maximum atomic E-state index is 13.3. The minimum absolute atomic E-state index is 0.0405. The van der Waals surface area contributed by atoms with Crippen molar-refractivity contribution in [2.75, 3.05) is 13.2 Å². The highest BCUT2D eigenvalue weighted by Crippen LogP contribution is 2.24. The van der Waals surface area contributed by atoms with Crippen molar-refractivity contribution in [2.45, 2.75) is 13.0 Å². The van der Waals surface area contributed by atoms with E-state index in [0.29, 0.717) is 19.0 Å². The van der Waals surface area contributed by atoms with E-state index in [1.54, 1.807) is 19.1 Å². The molecule has 0 saturated carbocycles. The van der Waals surface area contributed by atoms with Gasteiger partial charge >= 0.3 is 0 Å². The summed E-state index contributed by atoms with van der Waals surface area (Å²) in [6, 6.07) is 4.77. The minimum Gasteiger partial charge on any atom is -0.489 e. The summed E-state index contributed by atoms with van der Waals surface area (Å²) in [6.07, 6.45) is 0.0973. The fourth-order valence-electron chi connectivity index (χ4n) is 1.28. The molecule has 1 aromatic rings. The predicted molar refractivity (Wildman–Crippen MR) is 51.1 cm³/mol. The van der Waals surface area contributed by atoms with Crippen LogP contribution in [0.4, 0.5) is 4.39 Å². The number of halogens is 1. The molecule has 1 aliphatic heterocycles. The van der Waals surface area contributed by atoms with Crippen molar-refractivity contribution in [2.24, 2.45) is 0 Å². The predicted octanol–water partition coefficient (Wildman–Crippen LogP) is 1.78. The average Bonchev–Trinajstić information content (AvgIpc) is 2.97. The summed E-state index contributed by atoms with van der Waals surface area (Å²) in [5.41, 5.74) is 0.694. The van der Waals surface area contributed by atoms with Gasteiger partial charge in [0.25, 0.3) is 0 Å². The molecule has 3 nitrogen and oxygen atoms in total. The maximum absolute atomic E-state index is 13.3. The van der Waals surface area contributed by atoms with Gasteiger partial charge in [0.1, 0.15) is 35.9 Å². The second kappa shape index (κ2) is 3.87. The Morgan fingerprint density at radius 1 is 1.67 bits per heavy atom. The highest BCUT2D eigenvalue weighted by molar-refractivity contribution is 5.46.